The third-order valence-corrected chi connectivity index (χ3v) is 8.55. The first-order chi connectivity index (χ1) is 19.2. The quantitative estimate of drug-likeness (QED) is 0.112. The molecule has 3 aromatic rings. The number of hydrogen-bond donors (Lipinski definition) is 0. The molecule has 0 amide bonds. The van der Waals surface area contributed by atoms with Gasteiger partial charge in [0.05, 0.1) is 0 Å². The van der Waals surface area contributed by atoms with Crippen molar-refractivity contribution in [3.63, 3.8) is 0 Å². The maximum atomic E-state index is 12.4. The second-order valence-electron chi connectivity index (χ2n) is 11.6. The smallest absolute Gasteiger partial charge is 0.311 e. The summed E-state index contributed by atoms with van der Waals surface area (Å²) in [6.07, 6.45) is 18.4. The Morgan fingerprint density at radius 3 is 2.08 bits per heavy atom. The Hall–Kier alpha value is -2.87. The first-order valence-corrected chi connectivity index (χ1v) is 15.7. The average molecular weight is 525 g/mol. The molecule has 1 saturated carbocycles. The highest BCUT2D eigenvalue weighted by atomic mass is 16.5. The normalized spacial score (nSPS) is 17.2. The van der Waals surface area contributed by atoms with Crippen LogP contribution in [0.3, 0.4) is 0 Å². The van der Waals surface area contributed by atoms with Crippen LogP contribution in [0.5, 0.6) is 5.75 Å². The van der Waals surface area contributed by atoms with Crippen LogP contribution in [0.2, 0.25) is 0 Å². The van der Waals surface area contributed by atoms with E-state index in [1.54, 1.807) is 0 Å². The van der Waals surface area contributed by atoms with E-state index in [9.17, 15) is 4.79 Å². The maximum Gasteiger partial charge on any atom is 0.311 e. The van der Waals surface area contributed by atoms with Crippen LogP contribution in [0.15, 0.2) is 78.9 Å². The van der Waals surface area contributed by atoms with E-state index in [1.807, 2.05) is 18.2 Å². The van der Waals surface area contributed by atoms with Gasteiger partial charge in [-0.1, -0.05) is 119 Å². The zero-order chi connectivity index (χ0) is 27.1. The fourth-order valence-electron chi connectivity index (χ4n) is 6.08. The van der Waals surface area contributed by atoms with Crippen molar-refractivity contribution in [2.24, 2.45) is 5.92 Å². The molecule has 0 saturated heterocycles. The molecule has 1 fully saturated rings. The van der Waals surface area contributed by atoms with Gasteiger partial charge < -0.3 is 4.74 Å². The molecular formula is C37H48O2. The molecule has 0 bridgehead atoms. The maximum absolute atomic E-state index is 12.4. The largest absolute Gasteiger partial charge is 0.427 e. The van der Waals surface area contributed by atoms with E-state index in [2.05, 4.69) is 67.6 Å². The van der Waals surface area contributed by atoms with Gasteiger partial charge in [0.1, 0.15) is 5.75 Å². The van der Waals surface area contributed by atoms with Crippen molar-refractivity contribution in [2.75, 3.05) is 0 Å². The molecule has 0 aromatic heterocycles. The van der Waals surface area contributed by atoms with Gasteiger partial charge in [-0.05, 0) is 91.2 Å². The lowest BCUT2D eigenvalue weighted by molar-refractivity contribution is -0.134. The summed E-state index contributed by atoms with van der Waals surface area (Å²) in [7, 11) is 0. The molecule has 0 atom stereocenters. The van der Waals surface area contributed by atoms with Gasteiger partial charge in [0, 0.05) is 6.42 Å². The molecule has 208 valence electrons. The van der Waals surface area contributed by atoms with E-state index >= 15 is 0 Å². The second-order valence-corrected chi connectivity index (χ2v) is 11.6. The first kappa shape index (κ1) is 29.1. The summed E-state index contributed by atoms with van der Waals surface area (Å²) >= 11 is 0. The number of unbranched alkanes of at least 4 members (excludes halogenated alkanes) is 6. The molecule has 0 unspecified atom stereocenters. The number of esters is 1. The van der Waals surface area contributed by atoms with Gasteiger partial charge in [-0.3, -0.25) is 4.79 Å². The predicted octanol–water partition coefficient (Wildman–Crippen LogP) is 10.7. The molecule has 2 nitrogen and oxygen atoms in total. The van der Waals surface area contributed by atoms with Gasteiger partial charge in [0.15, 0.2) is 0 Å². The predicted molar refractivity (Wildman–Crippen MR) is 164 cm³/mol. The zero-order valence-electron chi connectivity index (χ0n) is 24.1. The van der Waals surface area contributed by atoms with Crippen LogP contribution in [0.25, 0.3) is 11.1 Å². The Morgan fingerprint density at radius 1 is 0.692 bits per heavy atom. The monoisotopic (exact) mass is 524 g/mol. The minimum atomic E-state index is -0.127. The van der Waals surface area contributed by atoms with Gasteiger partial charge in [-0.25, -0.2) is 0 Å². The van der Waals surface area contributed by atoms with E-state index < -0.39 is 0 Å². The second kappa shape index (κ2) is 16.3. The highest BCUT2D eigenvalue weighted by molar-refractivity contribution is 5.72. The molecule has 1 aliphatic carbocycles. The van der Waals surface area contributed by atoms with Gasteiger partial charge in [-0.15, -0.1) is 0 Å². The minimum Gasteiger partial charge on any atom is -0.427 e. The highest BCUT2D eigenvalue weighted by Crippen LogP contribution is 2.38. The number of ether oxygens (including phenoxy) is 1. The Kier molecular flexibility index (Phi) is 12.2. The van der Waals surface area contributed by atoms with Crippen molar-refractivity contribution in [3.8, 4) is 16.9 Å². The third-order valence-electron chi connectivity index (χ3n) is 8.55. The highest BCUT2D eigenvalue weighted by Gasteiger charge is 2.22. The fourth-order valence-corrected chi connectivity index (χ4v) is 6.08. The van der Waals surface area contributed by atoms with Crippen LogP contribution < -0.4 is 4.74 Å². The van der Waals surface area contributed by atoms with Crippen molar-refractivity contribution >= 4 is 5.97 Å². The summed E-state index contributed by atoms with van der Waals surface area (Å²) in [5.74, 6) is 2.15. The zero-order valence-corrected chi connectivity index (χ0v) is 24.1. The first-order valence-electron chi connectivity index (χ1n) is 15.7. The van der Waals surface area contributed by atoms with Crippen molar-refractivity contribution < 1.29 is 9.53 Å². The van der Waals surface area contributed by atoms with E-state index in [-0.39, 0.29) is 5.97 Å². The van der Waals surface area contributed by atoms with E-state index in [4.69, 9.17) is 4.74 Å². The molecule has 0 N–H and O–H groups in total. The van der Waals surface area contributed by atoms with Crippen molar-refractivity contribution in [2.45, 2.75) is 109 Å². The topological polar surface area (TPSA) is 26.3 Å². The van der Waals surface area contributed by atoms with Crippen LogP contribution in [-0.2, 0) is 11.2 Å². The van der Waals surface area contributed by atoms with Gasteiger partial charge in [0.25, 0.3) is 0 Å². The van der Waals surface area contributed by atoms with E-state index in [0.29, 0.717) is 18.1 Å². The number of benzene rings is 3. The molecule has 1 aliphatic rings. The Bertz CT molecular complexity index is 1080. The number of hydrogen-bond acceptors (Lipinski definition) is 2. The van der Waals surface area contributed by atoms with Crippen molar-refractivity contribution in [1.29, 1.82) is 0 Å². The molecular weight excluding hydrogens is 476 g/mol. The summed E-state index contributed by atoms with van der Waals surface area (Å²) in [6, 6.07) is 27.6. The fraction of sp³-hybridized carbons (Fsp3) is 0.486. The van der Waals surface area contributed by atoms with Crippen LogP contribution in [0.1, 0.15) is 114 Å². The van der Waals surface area contributed by atoms with Crippen molar-refractivity contribution in [3.05, 3.63) is 90.0 Å². The van der Waals surface area contributed by atoms with Gasteiger partial charge in [-0.2, -0.15) is 0 Å². The Balaban J connectivity index is 1.09. The molecule has 2 heteroatoms. The average Bonchev–Trinajstić information content (AvgIpc) is 2.99. The van der Waals surface area contributed by atoms with Crippen molar-refractivity contribution in [1.82, 2.24) is 0 Å². The lowest BCUT2D eigenvalue weighted by atomic mass is 9.77. The summed E-state index contributed by atoms with van der Waals surface area (Å²) in [4.78, 5) is 12.4. The minimum absolute atomic E-state index is 0.127. The molecule has 39 heavy (non-hydrogen) atoms. The SMILES string of the molecule is CCCCCCCC[C@H]1CC[C@H](c2ccc(OC(=O)CCCCc3ccc(-c4ccccc4)cc3)cc2)CC1. The van der Waals surface area contributed by atoms with Crippen LogP contribution in [0.4, 0.5) is 0 Å². The van der Waals surface area contributed by atoms with Crippen LogP contribution >= 0.6 is 0 Å². The number of carbonyl (C=O) groups is 1. The van der Waals surface area contributed by atoms with Gasteiger partial charge >= 0.3 is 5.97 Å². The molecule has 3 aromatic carbocycles. The molecule has 0 radical (unpaired) electrons. The van der Waals surface area contributed by atoms with E-state index in [1.165, 1.54) is 92.9 Å². The van der Waals surface area contributed by atoms with Crippen LogP contribution in [0, 0.1) is 5.92 Å². The number of aryl methyl sites for hydroxylation is 1. The summed E-state index contributed by atoms with van der Waals surface area (Å²) < 4.78 is 5.63. The number of carbonyl (C=O) groups excluding carboxylic acids is 1. The molecule has 0 aliphatic heterocycles. The molecule has 4 rings (SSSR count). The summed E-state index contributed by atoms with van der Waals surface area (Å²) in [5, 5.41) is 0. The lowest BCUT2D eigenvalue weighted by Crippen LogP contribution is -2.13. The Morgan fingerprint density at radius 2 is 1.36 bits per heavy atom. The lowest BCUT2D eigenvalue weighted by Gasteiger charge is -2.29. The van der Waals surface area contributed by atoms with Gasteiger partial charge in [0.2, 0.25) is 0 Å². The molecule has 0 heterocycles. The van der Waals surface area contributed by atoms with Crippen LogP contribution in [-0.4, -0.2) is 5.97 Å². The van der Waals surface area contributed by atoms with E-state index in [0.717, 1.165) is 25.2 Å². The summed E-state index contributed by atoms with van der Waals surface area (Å²) in [6.45, 7) is 2.29. The summed E-state index contributed by atoms with van der Waals surface area (Å²) in [5.41, 5.74) is 5.21. The third kappa shape index (κ3) is 9.99. The number of rotatable bonds is 15. The molecule has 0 spiro atoms. The standard InChI is InChI=1S/C37H48O2/c1-2-3-4-5-6-8-13-30-20-24-34(25-21-30)35-26-28-36(29-27-35)39-37(38)17-12-11-14-31-18-22-33(23-19-31)32-15-9-7-10-16-32/h7,9-10,15-16,18-19,22-23,26-30,34H,2-6,8,11-14,17,20-21,24-25H2,1H3/t30-,34-. The Labute approximate surface area is 237 Å².